The molecule has 3 rings (SSSR count). The van der Waals surface area contributed by atoms with E-state index >= 15 is 0 Å². The van der Waals surface area contributed by atoms with Crippen molar-refractivity contribution >= 4 is 29.1 Å². The van der Waals surface area contributed by atoms with Crippen molar-refractivity contribution in [1.82, 2.24) is 4.98 Å². The van der Waals surface area contributed by atoms with E-state index in [9.17, 15) is 9.59 Å². The van der Waals surface area contributed by atoms with Gasteiger partial charge in [-0.25, -0.2) is 9.78 Å². The van der Waals surface area contributed by atoms with Gasteiger partial charge in [-0.1, -0.05) is 30.3 Å². The third kappa shape index (κ3) is 4.12. The molecule has 6 heteroatoms. The van der Waals surface area contributed by atoms with Crippen molar-refractivity contribution in [3.05, 3.63) is 84.1 Å². The fourth-order valence-electron chi connectivity index (χ4n) is 2.61. The zero-order valence-corrected chi connectivity index (χ0v) is 15.0. The highest BCUT2D eigenvalue weighted by Crippen LogP contribution is 2.22. The van der Waals surface area contributed by atoms with Gasteiger partial charge in [0.2, 0.25) is 0 Å². The predicted molar refractivity (Wildman–Crippen MR) is 104 cm³/mol. The van der Waals surface area contributed by atoms with Crippen LogP contribution in [0.15, 0.2) is 72.9 Å². The molecule has 0 bridgehead atoms. The minimum atomic E-state index is -0.450. The standard InChI is InChI=1S/C21H19N3O3/c1-24(16-8-4-3-5-9-16)20(25)15-12-13-22-19(14-15)23-18-11-7-6-10-17(18)21(26)27-2/h3-14H,1-2H3,(H,22,23). The van der Waals surface area contributed by atoms with E-state index in [1.165, 1.54) is 7.11 Å². The quantitative estimate of drug-likeness (QED) is 0.698. The van der Waals surface area contributed by atoms with Crippen LogP contribution in [-0.2, 0) is 4.74 Å². The number of esters is 1. The molecule has 1 amide bonds. The Balaban J connectivity index is 1.85. The van der Waals surface area contributed by atoms with E-state index in [2.05, 4.69) is 10.3 Å². The highest BCUT2D eigenvalue weighted by molar-refractivity contribution is 6.06. The maximum Gasteiger partial charge on any atom is 0.339 e. The number of rotatable bonds is 5. The number of methoxy groups -OCH3 is 1. The van der Waals surface area contributed by atoms with Crippen LogP contribution in [-0.4, -0.2) is 31.0 Å². The number of hydrogen-bond donors (Lipinski definition) is 1. The van der Waals surface area contributed by atoms with Crippen LogP contribution in [0.4, 0.5) is 17.2 Å². The fraction of sp³-hybridized carbons (Fsp3) is 0.0952. The molecule has 0 aliphatic rings. The van der Waals surface area contributed by atoms with Crippen molar-refractivity contribution in [3.63, 3.8) is 0 Å². The summed E-state index contributed by atoms with van der Waals surface area (Å²) in [6, 6.07) is 19.6. The molecule has 0 radical (unpaired) electrons. The predicted octanol–water partition coefficient (Wildman–Crippen LogP) is 3.89. The van der Waals surface area contributed by atoms with Gasteiger partial charge in [0, 0.05) is 24.5 Å². The van der Waals surface area contributed by atoms with E-state index in [1.807, 2.05) is 30.3 Å². The van der Waals surface area contributed by atoms with Crippen molar-refractivity contribution in [2.24, 2.45) is 0 Å². The molecule has 136 valence electrons. The number of carbonyl (C=O) groups is 2. The van der Waals surface area contributed by atoms with E-state index in [0.29, 0.717) is 22.6 Å². The number of ether oxygens (including phenoxy) is 1. The van der Waals surface area contributed by atoms with Crippen LogP contribution in [0, 0.1) is 0 Å². The molecule has 1 aromatic heterocycles. The second-order valence-electron chi connectivity index (χ2n) is 5.79. The summed E-state index contributed by atoms with van der Waals surface area (Å²) >= 11 is 0. The minimum absolute atomic E-state index is 0.159. The summed E-state index contributed by atoms with van der Waals surface area (Å²) in [5.74, 6) is -0.152. The zero-order valence-electron chi connectivity index (χ0n) is 15.0. The number of para-hydroxylation sites is 2. The highest BCUT2D eigenvalue weighted by atomic mass is 16.5. The minimum Gasteiger partial charge on any atom is -0.465 e. The first-order chi connectivity index (χ1) is 13.1. The maximum absolute atomic E-state index is 12.8. The number of carbonyl (C=O) groups excluding carboxylic acids is 2. The van der Waals surface area contributed by atoms with Crippen molar-refractivity contribution in [3.8, 4) is 0 Å². The number of nitrogens with one attached hydrogen (secondary N) is 1. The first-order valence-electron chi connectivity index (χ1n) is 8.33. The smallest absolute Gasteiger partial charge is 0.339 e. The largest absolute Gasteiger partial charge is 0.465 e. The molecule has 1 N–H and O–H groups in total. The molecule has 0 aliphatic heterocycles. The Morgan fingerprint density at radius 2 is 1.70 bits per heavy atom. The Hall–Kier alpha value is -3.67. The Morgan fingerprint density at radius 1 is 1.00 bits per heavy atom. The van der Waals surface area contributed by atoms with Crippen LogP contribution in [0.5, 0.6) is 0 Å². The Morgan fingerprint density at radius 3 is 2.44 bits per heavy atom. The van der Waals surface area contributed by atoms with Gasteiger partial charge < -0.3 is 15.0 Å². The second kappa shape index (κ2) is 8.14. The monoisotopic (exact) mass is 361 g/mol. The Labute approximate surface area is 157 Å². The second-order valence-corrected chi connectivity index (χ2v) is 5.79. The van der Waals surface area contributed by atoms with Gasteiger partial charge in [-0.05, 0) is 36.4 Å². The highest BCUT2D eigenvalue weighted by Gasteiger charge is 2.15. The van der Waals surface area contributed by atoms with Gasteiger partial charge in [-0.2, -0.15) is 0 Å². The summed E-state index contributed by atoms with van der Waals surface area (Å²) in [7, 11) is 3.05. The van der Waals surface area contributed by atoms with Crippen LogP contribution in [0.2, 0.25) is 0 Å². The summed E-state index contributed by atoms with van der Waals surface area (Å²) in [5, 5.41) is 3.08. The zero-order chi connectivity index (χ0) is 19.2. The van der Waals surface area contributed by atoms with Crippen LogP contribution in [0.3, 0.4) is 0 Å². The average molecular weight is 361 g/mol. The molecule has 0 aliphatic carbocycles. The number of nitrogens with zero attached hydrogens (tertiary/aromatic N) is 2. The lowest BCUT2D eigenvalue weighted by Gasteiger charge is -2.18. The first kappa shape index (κ1) is 18.1. The van der Waals surface area contributed by atoms with E-state index in [4.69, 9.17) is 4.74 Å². The van der Waals surface area contributed by atoms with Gasteiger partial charge >= 0.3 is 5.97 Å². The molecule has 0 unspecified atom stereocenters. The maximum atomic E-state index is 12.8. The summed E-state index contributed by atoms with van der Waals surface area (Å²) in [6.45, 7) is 0. The van der Waals surface area contributed by atoms with Crippen molar-refractivity contribution < 1.29 is 14.3 Å². The molecule has 0 saturated heterocycles. The lowest BCUT2D eigenvalue weighted by molar-refractivity contribution is 0.0601. The SMILES string of the molecule is COC(=O)c1ccccc1Nc1cc(C(=O)N(C)c2ccccc2)ccn1. The summed E-state index contributed by atoms with van der Waals surface area (Å²) in [4.78, 5) is 30.5. The van der Waals surface area contributed by atoms with E-state index in [0.717, 1.165) is 5.69 Å². The number of aromatic nitrogens is 1. The Kier molecular flexibility index (Phi) is 5.47. The van der Waals surface area contributed by atoms with E-state index in [1.54, 1.807) is 54.5 Å². The number of benzene rings is 2. The lowest BCUT2D eigenvalue weighted by atomic mass is 10.1. The van der Waals surface area contributed by atoms with Crippen molar-refractivity contribution in [2.75, 3.05) is 24.4 Å². The van der Waals surface area contributed by atoms with Crippen molar-refractivity contribution in [2.45, 2.75) is 0 Å². The molecule has 0 atom stereocenters. The lowest BCUT2D eigenvalue weighted by Crippen LogP contribution is -2.26. The van der Waals surface area contributed by atoms with Gasteiger partial charge in [0.1, 0.15) is 5.82 Å². The summed E-state index contributed by atoms with van der Waals surface area (Å²) < 4.78 is 4.80. The molecule has 0 spiro atoms. The molecule has 27 heavy (non-hydrogen) atoms. The molecule has 6 nitrogen and oxygen atoms in total. The molecule has 3 aromatic rings. The van der Waals surface area contributed by atoms with Crippen molar-refractivity contribution in [1.29, 1.82) is 0 Å². The van der Waals surface area contributed by atoms with E-state index in [-0.39, 0.29) is 5.91 Å². The molecule has 0 saturated carbocycles. The third-order valence-electron chi connectivity index (χ3n) is 4.05. The number of pyridine rings is 1. The van der Waals surface area contributed by atoms with Crippen LogP contribution < -0.4 is 10.2 Å². The average Bonchev–Trinajstić information content (AvgIpc) is 2.73. The molecule has 2 aromatic carbocycles. The van der Waals surface area contributed by atoms with Gasteiger partial charge in [0.15, 0.2) is 0 Å². The molecular weight excluding hydrogens is 342 g/mol. The normalized spacial score (nSPS) is 10.1. The van der Waals surface area contributed by atoms with Gasteiger partial charge in [0.25, 0.3) is 5.91 Å². The number of hydrogen-bond acceptors (Lipinski definition) is 5. The molecule has 0 fully saturated rings. The van der Waals surface area contributed by atoms with Crippen LogP contribution in [0.1, 0.15) is 20.7 Å². The topological polar surface area (TPSA) is 71.5 Å². The van der Waals surface area contributed by atoms with Crippen LogP contribution >= 0.6 is 0 Å². The summed E-state index contributed by atoms with van der Waals surface area (Å²) in [5.41, 5.74) is 2.22. The third-order valence-corrected chi connectivity index (χ3v) is 4.05. The molecule has 1 heterocycles. The van der Waals surface area contributed by atoms with Crippen LogP contribution in [0.25, 0.3) is 0 Å². The molecular formula is C21H19N3O3. The fourth-order valence-corrected chi connectivity index (χ4v) is 2.61. The van der Waals surface area contributed by atoms with Gasteiger partial charge in [-0.3, -0.25) is 4.79 Å². The van der Waals surface area contributed by atoms with E-state index < -0.39 is 5.97 Å². The van der Waals surface area contributed by atoms with Gasteiger partial charge in [-0.15, -0.1) is 0 Å². The summed E-state index contributed by atoms with van der Waals surface area (Å²) in [6.07, 6.45) is 1.55. The Bertz CT molecular complexity index is 958. The number of anilines is 3. The van der Waals surface area contributed by atoms with Gasteiger partial charge in [0.05, 0.1) is 18.4 Å². The number of amides is 1. The first-order valence-corrected chi connectivity index (χ1v) is 8.33.